The number of carbonyl (C=O) groups excluding carboxylic acids is 1. The van der Waals surface area contributed by atoms with Gasteiger partial charge in [-0.3, -0.25) is 5.32 Å². The lowest BCUT2D eigenvalue weighted by molar-refractivity contribution is 0.215. The van der Waals surface area contributed by atoms with E-state index in [1.807, 2.05) is 43.3 Å². The summed E-state index contributed by atoms with van der Waals surface area (Å²) in [6, 6.07) is 20.2. The van der Waals surface area contributed by atoms with Gasteiger partial charge in [-0.1, -0.05) is 48.5 Å². The molecule has 4 rings (SSSR count). The monoisotopic (exact) mass is 373 g/mol. The zero-order valence-corrected chi connectivity index (χ0v) is 15.2. The molecular weight excluding hydrogens is 354 g/mol. The third-order valence-electron chi connectivity index (χ3n) is 4.27. The topological polar surface area (TPSA) is 102 Å². The normalized spacial score (nSPS) is 15.0. The van der Waals surface area contributed by atoms with Gasteiger partial charge in [0.15, 0.2) is 5.82 Å². The van der Waals surface area contributed by atoms with Gasteiger partial charge in [0.2, 0.25) is 0 Å². The van der Waals surface area contributed by atoms with Crippen molar-refractivity contribution in [3.8, 4) is 5.75 Å². The number of fused-ring (bicyclic) bond motifs is 1. The number of anilines is 3. The van der Waals surface area contributed by atoms with E-state index < -0.39 is 6.09 Å². The van der Waals surface area contributed by atoms with Crippen LogP contribution in [0.3, 0.4) is 0 Å². The van der Waals surface area contributed by atoms with E-state index in [0.29, 0.717) is 22.9 Å². The van der Waals surface area contributed by atoms with Crippen molar-refractivity contribution in [2.24, 2.45) is 4.99 Å². The van der Waals surface area contributed by atoms with Crippen molar-refractivity contribution in [2.45, 2.75) is 13.0 Å². The molecule has 3 aromatic rings. The second kappa shape index (κ2) is 7.40. The second-order valence-corrected chi connectivity index (χ2v) is 6.35. The highest BCUT2D eigenvalue weighted by Crippen LogP contribution is 2.36. The van der Waals surface area contributed by atoms with E-state index in [2.05, 4.69) is 15.6 Å². The maximum absolute atomic E-state index is 12.1. The average Bonchev–Trinajstić information content (AvgIpc) is 2.69. The van der Waals surface area contributed by atoms with Gasteiger partial charge in [-0.2, -0.15) is 0 Å². The molecule has 0 saturated heterocycles. The van der Waals surface area contributed by atoms with E-state index >= 15 is 0 Å². The van der Waals surface area contributed by atoms with Crippen molar-refractivity contribution in [3.63, 3.8) is 0 Å². The highest BCUT2D eigenvalue weighted by molar-refractivity contribution is 6.10. The van der Waals surface area contributed by atoms with Crippen LogP contribution in [0, 0.1) is 0 Å². The summed E-state index contributed by atoms with van der Waals surface area (Å²) in [5, 5.41) is 5.90. The van der Waals surface area contributed by atoms with Crippen LogP contribution in [0.25, 0.3) is 0 Å². The fraction of sp³-hybridized carbons (Fsp3) is 0.0952. The number of pyridine rings is 1. The number of hydrogen-bond acceptors (Lipinski definition) is 6. The summed E-state index contributed by atoms with van der Waals surface area (Å²) in [4.78, 5) is 21.2. The van der Waals surface area contributed by atoms with Gasteiger partial charge in [0.05, 0.1) is 17.4 Å². The van der Waals surface area contributed by atoms with Crippen molar-refractivity contribution in [1.82, 2.24) is 4.98 Å². The summed E-state index contributed by atoms with van der Waals surface area (Å²) in [5.41, 5.74) is 9.04. The lowest BCUT2D eigenvalue weighted by atomic mass is 10.0. The molecule has 1 amide bonds. The number of carbonyl (C=O) groups is 1. The molecule has 1 aliphatic heterocycles. The van der Waals surface area contributed by atoms with Crippen LogP contribution in [0.15, 0.2) is 71.7 Å². The molecule has 0 bridgehead atoms. The van der Waals surface area contributed by atoms with Crippen LogP contribution in [0.1, 0.15) is 12.5 Å². The Bertz CT molecular complexity index is 1040. The fourth-order valence-electron chi connectivity index (χ4n) is 2.98. The number of aromatic nitrogens is 1. The van der Waals surface area contributed by atoms with Crippen LogP contribution in [-0.2, 0) is 0 Å². The molecule has 0 spiro atoms. The lowest BCUT2D eigenvalue weighted by Crippen LogP contribution is -2.30. The number of nitrogens with zero attached hydrogens (tertiary/aromatic N) is 2. The first-order valence-electron chi connectivity index (χ1n) is 8.85. The molecule has 0 radical (unpaired) electrons. The minimum absolute atomic E-state index is 0.0617. The zero-order chi connectivity index (χ0) is 19.5. The highest BCUT2D eigenvalue weighted by Gasteiger charge is 2.23. The molecule has 1 atom stereocenters. The van der Waals surface area contributed by atoms with Crippen LogP contribution >= 0.6 is 0 Å². The van der Waals surface area contributed by atoms with Crippen molar-refractivity contribution < 1.29 is 9.53 Å². The lowest BCUT2D eigenvalue weighted by Gasteiger charge is -2.25. The van der Waals surface area contributed by atoms with Gasteiger partial charge in [0.1, 0.15) is 17.3 Å². The molecule has 2 aromatic carbocycles. The Morgan fingerprint density at radius 1 is 1.11 bits per heavy atom. The molecule has 2 heterocycles. The third-order valence-corrected chi connectivity index (χ3v) is 4.27. The first-order valence-corrected chi connectivity index (χ1v) is 8.85. The molecular formula is C21H19N5O2. The maximum Gasteiger partial charge on any atom is 0.418 e. The fourth-order valence-corrected chi connectivity index (χ4v) is 2.98. The average molecular weight is 373 g/mol. The Labute approximate surface area is 162 Å². The smallest absolute Gasteiger partial charge is 0.410 e. The number of para-hydroxylation sites is 1. The number of nitrogen functional groups attached to an aromatic ring is 1. The van der Waals surface area contributed by atoms with Crippen LogP contribution in [0.5, 0.6) is 5.75 Å². The first kappa shape index (κ1) is 17.5. The van der Waals surface area contributed by atoms with Crippen LogP contribution in [-0.4, -0.2) is 22.8 Å². The predicted octanol–water partition coefficient (Wildman–Crippen LogP) is 4.21. The van der Waals surface area contributed by atoms with Gasteiger partial charge in [0.25, 0.3) is 0 Å². The van der Waals surface area contributed by atoms with Crippen molar-refractivity contribution >= 4 is 34.8 Å². The second-order valence-electron chi connectivity index (χ2n) is 6.35. The predicted molar refractivity (Wildman–Crippen MR) is 110 cm³/mol. The van der Waals surface area contributed by atoms with Gasteiger partial charge in [0, 0.05) is 6.07 Å². The quantitative estimate of drug-likeness (QED) is 0.638. The Morgan fingerprint density at radius 3 is 2.50 bits per heavy atom. The van der Waals surface area contributed by atoms with E-state index in [1.165, 1.54) is 0 Å². The van der Waals surface area contributed by atoms with Crippen molar-refractivity contribution in [1.29, 1.82) is 0 Å². The number of benzene rings is 2. The first-order chi connectivity index (χ1) is 13.6. The van der Waals surface area contributed by atoms with Gasteiger partial charge in [-0.05, 0) is 24.6 Å². The van der Waals surface area contributed by atoms with Gasteiger partial charge >= 0.3 is 6.09 Å². The summed E-state index contributed by atoms with van der Waals surface area (Å²) < 4.78 is 5.22. The maximum atomic E-state index is 12.1. The Hall–Kier alpha value is -3.87. The van der Waals surface area contributed by atoms with Gasteiger partial charge < -0.3 is 15.8 Å². The number of amides is 1. The minimum Gasteiger partial charge on any atom is -0.410 e. The van der Waals surface area contributed by atoms with E-state index in [4.69, 9.17) is 15.5 Å². The molecule has 0 aliphatic carbocycles. The minimum atomic E-state index is -0.643. The van der Waals surface area contributed by atoms with Crippen molar-refractivity contribution in [3.05, 3.63) is 72.3 Å². The number of rotatable bonds is 3. The van der Waals surface area contributed by atoms with E-state index in [1.54, 1.807) is 30.3 Å². The Kier molecular flexibility index (Phi) is 4.63. The molecule has 0 fully saturated rings. The van der Waals surface area contributed by atoms with Crippen molar-refractivity contribution in [2.75, 3.05) is 16.4 Å². The molecule has 1 unspecified atom stereocenters. The Morgan fingerprint density at radius 2 is 1.79 bits per heavy atom. The summed E-state index contributed by atoms with van der Waals surface area (Å²) >= 11 is 0. The van der Waals surface area contributed by atoms with Gasteiger partial charge in [-0.25, -0.2) is 14.8 Å². The van der Waals surface area contributed by atoms with E-state index in [9.17, 15) is 4.79 Å². The molecule has 1 aliphatic rings. The Balaban J connectivity index is 1.58. The summed E-state index contributed by atoms with van der Waals surface area (Å²) in [6.07, 6.45) is -0.643. The van der Waals surface area contributed by atoms with Crippen LogP contribution in [0.4, 0.5) is 27.8 Å². The van der Waals surface area contributed by atoms with E-state index in [0.717, 1.165) is 11.3 Å². The number of nitrogens with two attached hydrogens (primary N) is 1. The molecule has 140 valence electrons. The standard InChI is InChI=1S/C21H19N5O2/c1-13-18(14-8-4-2-5-9-14)26-19-16(22)12-17(24-20(19)23-13)25-21(27)28-15-10-6-3-7-11-15/h2-13H,1H3,(H4,22,23,24,25,27). The third kappa shape index (κ3) is 3.64. The molecule has 1 aromatic heterocycles. The highest BCUT2D eigenvalue weighted by atomic mass is 16.6. The SMILES string of the molecule is CC1Nc2nc(NC(=O)Oc3ccccc3)cc(N)c2N=C1c1ccccc1. The zero-order valence-electron chi connectivity index (χ0n) is 15.2. The number of hydrogen-bond donors (Lipinski definition) is 3. The number of aliphatic imine (C=N–C) groups is 1. The molecule has 28 heavy (non-hydrogen) atoms. The summed E-state index contributed by atoms with van der Waals surface area (Å²) in [5.74, 6) is 1.24. The van der Waals surface area contributed by atoms with Crippen LogP contribution < -0.4 is 21.1 Å². The number of ether oxygens (including phenoxy) is 1. The molecule has 4 N–H and O–H groups in total. The van der Waals surface area contributed by atoms with Crippen LogP contribution in [0.2, 0.25) is 0 Å². The molecule has 7 nitrogen and oxygen atoms in total. The summed E-state index contributed by atoms with van der Waals surface area (Å²) in [7, 11) is 0. The molecule has 0 saturated carbocycles. The molecule has 7 heteroatoms. The van der Waals surface area contributed by atoms with E-state index in [-0.39, 0.29) is 11.9 Å². The van der Waals surface area contributed by atoms with Gasteiger partial charge in [-0.15, -0.1) is 0 Å². The number of nitrogens with one attached hydrogen (secondary N) is 2. The summed E-state index contributed by atoms with van der Waals surface area (Å²) in [6.45, 7) is 2.00. The largest absolute Gasteiger partial charge is 0.418 e.